The van der Waals surface area contributed by atoms with Crippen LogP contribution < -0.4 is 10.9 Å². The smallest absolute Gasteiger partial charge is 0.287 e. The van der Waals surface area contributed by atoms with E-state index in [1.165, 1.54) is 0 Å². The van der Waals surface area contributed by atoms with Crippen LogP contribution in [-0.2, 0) is 0 Å². The van der Waals surface area contributed by atoms with Gasteiger partial charge in [0.05, 0.1) is 0 Å². The SMILES string of the molecule is O=C(NNC1=CCCC1)c1ccn[nH]1. The first-order valence-electron chi connectivity index (χ1n) is 4.61. The topological polar surface area (TPSA) is 69.8 Å². The van der Waals surface area contributed by atoms with Crippen LogP contribution in [0.3, 0.4) is 0 Å². The number of allylic oxidation sites excluding steroid dienone is 2. The van der Waals surface area contributed by atoms with Crippen LogP contribution >= 0.6 is 0 Å². The predicted octanol–water partition coefficient (Wildman–Crippen LogP) is 0.712. The monoisotopic (exact) mass is 192 g/mol. The predicted molar refractivity (Wildman–Crippen MR) is 51.1 cm³/mol. The summed E-state index contributed by atoms with van der Waals surface area (Å²) in [4.78, 5) is 11.4. The highest BCUT2D eigenvalue weighted by atomic mass is 16.2. The zero-order chi connectivity index (χ0) is 9.80. The quantitative estimate of drug-likeness (QED) is 0.618. The molecule has 14 heavy (non-hydrogen) atoms. The Labute approximate surface area is 81.6 Å². The number of nitrogens with zero attached hydrogens (tertiary/aromatic N) is 1. The van der Waals surface area contributed by atoms with Crippen molar-refractivity contribution < 1.29 is 4.79 Å². The Bertz CT molecular complexity index is 342. The van der Waals surface area contributed by atoms with E-state index in [-0.39, 0.29) is 5.91 Å². The Kier molecular flexibility index (Phi) is 2.48. The number of H-pyrrole nitrogens is 1. The molecule has 5 nitrogen and oxygen atoms in total. The van der Waals surface area contributed by atoms with Gasteiger partial charge in [0, 0.05) is 11.9 Å². The molecule has 0 unspecified atom stereocenters. The van der Waals surface area contributed by atoms with Gasteiger partial charge in [-0.15, -0.1) is 0 Å². The van der Waals surface area contributed by atoms with E-state index >= 15 is 0 Å². The lowest BCUT2D eigenvalue weighted by atomic mass is 10.3. The fraction of sp³-hybridized carbons (Fsp3) is 0.333. The molecule has 0 radical (unpaired) electrons. The lowest BCUT2D eigenvalue weighted by Crippen LogP contribution is -2.36. The van der Waals surface area contributed by atoms with Gasteiger partial charge in [0.1, 0.15) is 5.69 Å². The molecule has 1 amide bonds. The van der Waals surface area contributed by atoms with Gasteiger partial charge < -0.3 is 5.43 Å². The van der Waals surface area contributed by atoms with Crippen molar-refractivity contribution in [1.82, 2.24) is 21.0 Å². The Balaban J connectivity index is 1.83. The first kappa shape index (κ1) is 8.80. The third-order valence-corrected chi connectivity index (χ3v) is 2.12. The second kappa shape index (κ2) is 3.95. The third kappa shape index (κ3) is 1.93. The summed E-state index contributed by atoms with van der Waals surface area (Å²) < 4.78 is 0. The van der Waals surface area contributed by atoms with Gasteiger partial charge in [0.25, 0.3) is 5.91 Å². The molecule has 0 saturated heterocycles. The molecule has 0 atom stereocenters. The normalized spacial score (nSPS) is 15.0. The minimum absolute atomic E-state index is 0.199. The zero-order valence-corrected chi connectivity index (χ0v) is 7.71. The molecule has 1 heterocycles. The standard InChI is InChI=1S/C9H12N4O/c14-9(8-5-6-10-12-8)13-11-7-3-1-2-4-7/h3,5-6,11H,1-2,4H2,(H,10,12)(H,13,14). The Hall–Kier alpha value is -1.78. The van der Waals surface area contributed by atoms with E-state index in [4.69, 9.17) is 0 Å². The van der Waals surface area contributed by atoms with E-state index in [0.29, 0.717) is 5.69 Å². The van der Waals surface area contributed by atoms with Gasteiger partial charge in [-0.3, -0.25) is 15.3 Å². The van der Waals surface area contributed by atoms with Gasteiger partial charge in [0.15, 0.2) is 0 Å². The molecule has 3 N–H and O–H groups in total. The molecule has 0 aromatic carbocycles. The van der Waals surface area contributed by atoms with Gasteiger partial charge in [-0.25, -0.2) is 0 Å². The van der Waals surface area contributed by atoms with Crippen LogP contribution in [0.1, 0.15) is 29.8 Å². The van der Waals surface area contributed by atoms with Crippen molar-refractivity contribution in [3.8, 4) is 0 Å². The molecule has 0 bridgehead atoms. The molecule has 0 fully saturated rings. The largest absolute Gasteiger partial charge is 0.303 e. The van der Waals surface area contributed by atoms with Crippen molar-refractivity contribution in [2.45, 2.75) is 19.3 Å². The Morgan fingerprint density at radius 2 is 2.50 bits per heavy atom. The van der Waals surface area contributed by atoms with Crippen LogP contribution in [0, 0.1) is 0 Å². The molecule has 0 aliphatic heterocycles. The fourth-order valence-corrected chi connectivity index (χ4v) is 1.37. The van der Waals surface area contributed by atoms with Crippen LogP contribution in [-0.4, -0.2) is 16.1 Å². The summed E-state index contributed by atoms with van der Waals surface area (Å²) in [7, 11) is 0. The number of carbonyl (C=O) groups excluding carboxylic acids is 1. The number of hydrazine groups is 1. The van der Waals surface area contributed by atoms with Crippen LogP contribution in [0.4, 0.5) is 0 Å². The van der Waals surface area contributed by atoms with E-state index in [0.717, 1.165) is 25.0 Å². The third-order valence-electron chi connectivity index (χ3n) is 2.12. The second-order valence-corrected chi connectivity index (χ2v) is 3.17. The summed E-state index contributed by atoms with van der Waals surface area (Å²) in [5.41, 5.74) is 7.02. The number of rotatable bonds is 3. The number of amides is 1. The second-order valence-electron chi connectivity index (χ2n) is 3.17. The summed E-state index contributed by atoms with van der Waals surface area (Å²) in [5.74, 6) is -0.199. The fourth-order valence-electron chi connectivity index (χ4n) is 1.37. The highest BCUT2D eigenvalue weighted by molar-refractivity contribution is 5.91. The van der Waals surface area contributed by atoms with E-state index in [9.17, 15) is 4.79 Å². The highest BCUT2D eigenvalue weighted by Crippen LogP contribution is 2.13. The molecule has 74 valence electrons. The summed E-state index contributed by atoms with van der Waals surface area (Å²) in [6, 6.07) is 1.63. The Morgan fingerprint density at radius 3 is 3.14 bits per heavy atom. The number of aromatic amines is 1. The van der Waals surface area contributed by atoms with Gasteiger partial charge >= 0.3 is 0 Å². The lowest BCUT2D eigenvalue weighted by Gasteiger charge is -2.07. The molecule has 1 aromatic heterocycles. The average molecular weight is 192 g/mol. The molecule has 0 saturated carbocycles. The molecular weight excluding hydrogens is 180 g/mol. The van der Waals surface area contributed by atoms with E-state index < -0.39 is 0 Å². The summed E-state index contributed by atoms with van der Waals surface area (Å²) in [5, 5.41) is 6.29. The van der Waals surface area contributed by atoms with E-state index in [1.54, 1.807) is 12.3 Å². The first-order chi connectivity index (χ1) is 6.86. The Morgan fingerprint density at radius 1 is 1.57 bits per heavy atom. The van der Waals surface area contributed by atoms with Crippen molar-refractivity contribution in [1.29, 1.82) is 0 Å². The highest BCUT2D eigenvalue weighted by Gasteiger charge is 2.08. The van der Waals surface area contributed by atoms with E-state index in [2.05, 4.69) is 27.1 Å². The molecular formula is C9H12N4O. The van der Waals surface area contributed by atoms with Crippen LogP contribution in [0.2, 0.25) is 0 Å². The molecule has 2 rings (SSSR count). The average Bonchev–Trinajstić information content (AvgIpc) is 2.87. The first-order valence-corrected chi connectivity index (χ1v) is 4.61. The number of hydrogen-bond donors (Lipinski definition) is 3. The maximum atomic E-state index is 11.4. The molecule has 5 heteroatoms. The number of hydrogen-bond acceptors (Lipinski definition) is 3. The molecule has 0 spiro atoms. The van der Waals surface area contributed by atoms with Gasteiger partial charge in [-0.2, -0.15) is 5.10 Å². The summed E-state index contributed by atoms with van der Waals surface area (Å²) >= 11 is 0. The number of nitrogens with one attached hydrogen (secondary N) is 3. The van der Waals surface area contributed by atoms with E-state index in [1.807, 2.05) is 0 Å². The van der Waals surface area contributed by atoms with Crippen molar-refractivity contribution in [2.24, 2.45) is 0 Å². The van der Waals surface area contributed by atoms with Crippen LogP contribution in [0.15, 0.2) is 24.0 Å². The van der Waals surface area contributed by atoms with Crippen molar-refractivity contribution in [2.75, 3.05) is 0 Å². The number of aromatic nitrogens is 2. The van der Waals surface area contributed by atoms with Crippen molar-refractivity contribution in [3.05, 3.63) is 29.7 Å². The van der Waals surface area contributed by atoms with Crippen molar-refractivity contribution >= 4 is 5.91 Å². The molecule has 1 aliphatic carbocycles. The summed E-state index contributed by atoms with van der Waals surface area (Å²) in [6.45, 7) is 0. The maximum Gasteiger partial charge on any atom is 0.287 e. The minimum Gasteiger partial charge on any atom is -0.303 e. The lowest BCUT2D eigenvalue weighted by molar-refractivity contribution is 0.0933. The minimum atomic E-state index is -0.199. The maximum absolute atomic E-state index is 11.4. The summed E-state index contributed by atoms with van der Waals surface area (Å²) in [6.07, 6.45) is 6.88. The zero-order valence-electron chi connectivity index (χ0n) is 7.71. The number of carbonyl (C=O) groups is 1. The van der Waals surface area contributed by atoms with Gasteiger partial charge in [-0.1, -0.05) is 6.08 Å². The van der Waals surface area contributed by atoms with Crippen LogP contribution in [0.5, 0.6) is 0 Å². The van der Waals surface area contributed by atoms with Crippen molar-refractivity contribution in [3.63, 3.8) is 0 Å². The van der Waals surface area contributed by atoms with Gasteiger partial charge in [0.2, 0.25) is 0 Å². The molecule has 1 aromatic rings. The molecule has 1 aliphatic rings. The van der Waals surface area contributed by atoms with Crippen LogP contribution in [0.25, 0.3) is 0 Å². The van der Waals surface area contributed by atoms with Gasteiger partial charge in [-0.05, 0) is 25.3 Å².